The molecule has 0 heterocycles. The molecule has 1 saturated carbocycles. The van der Waals surface area contributed by atoms with Crippen molar-refractivity contribution in [1.82, 2.24) is 10.2 Å². The number of halogens is 2. The highest BCUT2D eigenvalue weighted by Crippen LogP contribution is 2.31. The number of hydrogen-bond donors (Lipinski definition) is 1. The number of carbonyl (C=O) groups is 1. The Morgan fingerprint density at radius 3 is 2.79 bits per heavy atom. The number of carbonyl (C=O) groups excluding carboxylic acids is 1. The molecule has 1 aromatic carbocycles. The van der Waals surface area contributed by atoms with Crippen molar-refractivity contribution >= 4 is 34.2 Å². The summed E-state index contributed by atoms with van der Waals surface area (Å²) in [7, 11) is 1.66. The lowest BCUT2D eigenvalue weighted by molar-refractivity contribution is -0.131. The van der Waals surface area contributed by atoms with Crippen LogP contribution in [-0.4, -0.2) is 50.3 Å². The molecule has 1 aliphatic carbocycles. The quantitative estimate of drug-likeness (QED) is 0.590. The van der Waals surface area contributed by atoms with E-state index in [9.17, 15) is 4.79 Å². The zero-order chi connectivity index (χ0) is 16.7. The SMILES string of the molecule is CCOc1ccc(Br)cc1CN(C(=O)CNCCOC)C1CC1.Cl. The summed E-state index contributed by atoms with van der Waals surface area (Å²) in [5.41, 5.74) is 1.04. The van der Waals surface area contributed by atoms with E-state index in [0.29, 0.717) is 38.9 Å². The van der Waals surface area contributed by atoms with Gasteiger partial charge < -0.3 is 19.7 Å². The number of rotatable bonds is 10. The molecule has 5 nitrogen and oxygen atoms in total. The van der Waals surface area contributed by atoms with Crippen molar-refractivity contribution in [2.45, 2.75) is 32.4 Å². The standard InChI is InChI=1S/C17H25BrN2O3.ClH/c1-3-23-16-7-4-14(18)10-13(16)12-20(15-5-6-15)17(21)11-19-8-9-22-2;/h4,7,10,15,19H,3,5-6,8-9,11-12H2,1-2H3;1H. The van der Waals surface area contributed by atoms with E-state index in [-0.39, 0.29) is 18.3 Å². The normalized spacial score (nSPS) is 13.3. The first-order valence-corrected chi connectivity index (χ1v) is 8.85. The smallest absolute Gasteiger partial charge is 0.237 e. The maximum absolute atomic E-state index is 12.5. The first-order chi connectivity index (χ1) is 11.2. The lowest BCUT2D eigenvalue weighted by atomic mass is 10.2. The molecule has 136 valence electrons. The minimum Gasteiger partial charge on any atom is -0.494 e. The van der Waals surface area contributed by atoms with E-state index in [2.05, 4.69) is 21.2 Å². The maximum atomic E-state index is 12.5. The van der Waals surface area contributed by atoms with Gasteiger partial charge >= 0.3 is 0 Å². The van der Waals surface area contributed by atoms with Crippen molar-refractivity contribution < 1.29 is 14.3 Å². The van der Waals surface area contributed by atoms with Crippen molar-refractivity contribution in [3.63, 3.8) is 0 Å². The number of benzene rings is 1. The molecule has 1 fully saturated rings. The molecule has 1 aromatic rings. The highest BCUT2D eigenvalue weighted by atomic mass is 79.9. The Morgan fingerprint density at radius 2 is 2.17 bits per heavy atom. The van der Waals surface area contributed by atoms with Gasteiger partial charge in [-0.2, -0.15) is 0 Å². The number of methoxy groups -OCH3 is 1. The number of ether oxygens (including phenoxy) is 2. The van der Waals surface area contributed by atoms with E-state index in [1.54, 1.807) is 7.11 Å². The van der Waals surface area contributed by atoms with Crippen LogP contribution in [0.4, 0.5) is 0 Å². The Kier molecular flexibility index (Phi) is 9.66. The van der Waals surface area contributed by atoms with Crippen LogP contribution < -0.4 is 10.1 Å². The second-order valence-corrected chi connectivity index (χ2v) is 6.52. The molecule has 1 N–H and O–H groups in total. The highest BCUT2D eigenvalue weighted by molar-refractivity contribution is 9.10. The van der Waals surface area contributed by atoms with Crippen molar-refractivity contribution in [3.8, 4) is 5.75 Å². The van der Waals surface area contributed by atoms with Gasteiger partial charge in [-0.15, -0.1) is 12.4 Å². The Hall–Kier alpha value is -0.820. The molecule has 0 spiro atoms. The Bertz CT molecular complexity index is 527. The minimum atomic E-state index is 0. The van der Waals surface area contributed by atoms with Crippen molar-refractivity contribution in [3.05, 3.63) is 28.2 Å². The summed E-state index contributed by atoms with van der Waals surface area (Å²) in [5, 5.41) is 3.13. The number of nitrogens with one attached hydrogen (secondary N) is 1. The van der Waals surface area contributed by atoms with Gasteiger partial charge in [0.05, 0.1) is 19.8 Å². The van der Waals surface area contributed by atoms with E-state index < -0.39 is 0 Å². The lowest BCUT2D eigenvalue weighted by Gasteiger charge is -2.24. The lowest BCUT2D eigenvalue weighted by Crippen LogP contribution is -2.40. The maximum Gasteiger partial charge on any atom is 0.237 e. The van der Waals surface area contributed by atoms with Crippen LogP contribution >= 0.6 is 28.3 Å². The summed E-state index contributed by atoms with van der Waals surface area (Å²) >= 11 is 3.50. The third-order valence-electron chi connectivity index (χ3n) is 3.73. The van der Waals surface area contributed by atoms with Gasteiger partial charge in [0.15, 0.2) is 0 Å². The summed E-state index contributed by atoms with van der Waals surface area (Å²) in [6.45, 7) is 4.81. The van der Waals surface area contributed by atoms with Gasteiger partial charge in [-0.1, -0.05) is 15.9 Å². The predicted octanol–water partition coefficient (Wildman–Crippen LogP) is 3.00. The fourth-order valence-electron chi connectivity index (χ4n) is 2.43. The molecular formula is C17H26BrClN2O3. The third kappa shape index (κ3) is 6.59. The summed E-state index contributed by atoms with van der Waals surface area (Å²) in [6.07, 6.45) is 2.17. The van der Waals surface area contributed by atoms with E-state index in [1.165, 1.54) is 0 Å². The highest BCUT2D eigenvalue weighted by Gasteiger charge is 2.32. The van der Waals surface area contributed by atoms with Crippen molar-refractivity contribution in [2.75, 3.05) is 33.4 Å². The van der Waals surface area contributed by atoms with Gasteiger partial charge in [0.2, 0.25) is 5.91 Å². The molecule has 0 radical (unpaired) electrons. The van der Waals surface area contributed by atoms with Gasteiger partial charge in [-0.3, -0.25) is 4.79 Å². The molecule has 24 heavy (non-hydrogen) atoms. The van der Waals surface area contributed by atoms with Gasteiger partial charge in [-0.05, 0) is 38.0 Å². The predicted molar refractivity (Wildman–Crippen MR) is 101 cm³/mol. The van der Waals surface area contributed by atoms with Crippen LogP contribution in [0.3, 0.4) is 0 Å². The monoisotopic (exact) mass is 420 g/mol. The Morgan fingerprint density at radius 1 is 1.42 bits per heavy atom. The molecule has 7 heteroatoms. The molecule has 0 bridgehead atoms. The fourth-order valence-corrected chi connectivity index (χ4v) is 2.84. The molecule has 0 atom stereocenters. The van der Waals surface area contributed by atoms with Crippen LogP contribution in [-0.2, 0) is 16.1 Å². The summed E-state index contributed by atoms with van der Waals surface area (Å²) in [5.74, 6) is 0.979. The van der Waals surface area contributed by atoms with Gasteiger partial charge in [0.25, 0.3) is 0 Å². The first kappa shape index (κ1) is 21.2. The molecule has 0 aliphatic heterocycles. The molecule has 2 rings (SSSR count). The molecule has 1 aliphatic rings. The molecular weight excluding hydrogens is 396 g/mol. The summed E-state index contributed by atoms with van der Waals surface area (Å²) < 4.78 is 11.7. The fraction of sp³-hybridized carbons (Fsp3) is 0.588. The molecule has 0 unspecified atom stereocenters. The van der Waals surface area contributed by atoms with E-state index in [4.69, 9.17) is 9.47 Å². The summed E-state index contributed by atoms with van der Waals surface area (Å²) in [4.78, 5) is 14.5. The number of amides is 1. The average Bonchev–Trinajstić information content (AvgIpc) is 3.36. The van der Waals surface area contributed by atoms with Gasteiger partial charge in [0.1, 0.15) is 5.75 Å². The summed E-state index contributed by atoms with van der Waals surface area (Å²) in [6, 6.07) is 6.31. The van der Waals surface area contributed by atoms with Crippen LogP contribution in [0.2, 0.25) is 0 Å². The van der Waals surface area contributed by atoms with E-state index in [1.807, 2.05) is 30.0 Å². The van der Waals surface area contributed by atoms with Gasteiger partial charge in [0, 0.05) is 36.3 Å². The average molecular weight is 422 g/mol. The molecule has 1 amide bonds. The third-order valence-corrected chi connectivity index (χ3v) is 4.22. The number of hydrogen-bond acceptors (Lipinski definition) is 4. The largest absolute Gasteiger partial charge is 0.494 e. The zero-order valence-electron chi connectivity index (χ0n) is 14.2. The van der Waals surface area contributed by atoms with Gasteiger partial charge in [-0.25, -0.2) is 0 Å². The van der Waals surface area contributed by atoms with E-state index >= 15 is 0 Å². The van der Waals surface area contributed by atoms with Crippen LogP contribution in [0.5, 0.6) is 5.75 Å². The second-order valence-electron chi connectivity index (χ2n) is 5.61. The Labute approximate surface area is 158 Å². The Balaban J connectivity index is 0.00000288. The van der Waals surface area contributed by atoms with Crippen LogP contribution in [0.15, 0.2) is 22.7 Å². The second kappa shape index (κ2) is 10.9. The van der Waals surface area contributed by atoms with Crippen molar-refractivity contribution in [1.29, 1.82) is 0 Å². The molecule has 0 saturated heterocycles. The topological polar surface area (TPSA) is 50.8 Å². The van der Waals surface area contributed by atoms with Crippen LogP contribution in [0.1, 0.15) is 25.3 Å². The first-order valence-electron chi connectivity index (χ1n) is 8.06. The van der Waals surface area contributed by atoms with Crippen LogP contribution in [0.25, 0.3) is 0 Å². The van der Waals surface area contributed by atoms with E-state index in [0.717, 1.165) is 28.6 Å². The van der Waals surface area contributed by atoms with Crippen molar-refractivity contribution in [2.24, 2.45) is 0 Å². The zero-order valence-corrected chi connectivity index (χ0v) is 16.6. The molecule has 0 aromatic heterocycles. The van der Waals surface area contributed by atoms with Crippen LogP contribution in [0, 0.1) is 0 Å². The minimum absolute atomic E-state index is 0. The number of nitrogens with zero attached hydrogens (tertiary/aromatic N) is 1.